The SMILES string of the molecule is CC(Cc1ccc(O)cc1)N1C(=O)CN(C)N(C(=O)NCc2ccccc2)C1CN(C=O)Cc1ccc(F)cc1F. The summed E-state index contributed by atoms with van der Waals surface area (Å²) in [7, 11) is 1.61. The summed E-state index contributed by atoms with van der Waals surface area (Å²) in [5, 5.41) is 15.4. The number of hydrazine groups is 1. The Kier molecular flexibility index (Phi) is 9.51. The summed E-state index contributed by atoms with van der Waals surface area (Å²) >= 11 is 0. The Hall–Kier alpha value is -4.51. The molecule has 1 fully saturated rings. The van der Waals surface area contributed by atoms with Crippen molar-refractivity contribution >= 4 is 18.3 Å². The smallest absolute Gasteiger partial charge is 0.334 e. The summed E-state index contributed by atoms with van der Waals surface area (Å²) in [5.41, 5.74) is 1.84. The fraction of sp³-hybridized carbons (Fsp3) is 0.300. The van der Waals surface area contributed by atoms with Gasteiger partial charge in [-0.3, -0.25) is 9.59 Å². The molecule has 216 valence electrons. The molecule has 11 heteroatoms. The van der Waals surface area contributed by atoms with E-state index in [1.54, 1.807) is 36.2 Å². The maximum atomic E-state index is 14.4. The molecule has 1 aliphatic heterocycles. The van der Waals surface area contributed by atoms with E-state index in [4.69, 9.17) is 0 Å². The van der Waals surface area contributed by atoms with Gasteiger partial charge in [0.2, 0.25) is 12.3 Å². The maximum Gasteiger partial charge on any atom is 0.334 e. The molecule has 0 bridgehead atoms. The number of halogens is 2. The van der Waals surface area contributed by atoms with Crippen LogP contribution in [0.25, 0.3) is 0 Å². The third-order valence-electron chi connectivity index (χ3n) is 7.00. The molecular weight excluding hydrogens is 532 g/mol. The lowest BCUT2D eigenvalue weighted by Gasteiger charge is -2.50. The summed E-state index contributed by atoms with van der Waals surface area (Å²) in [6.45, 7) is 1.68. The van der Waals surface area contributed by atoms with E-state index < -0.39 is 29.9 Å². The highest BCUT2D eigenvalue weighted by Gasteiger charge is 2.43. The van der Waals surface area contributed by atoms with Crippen molar-refractivity contribution in [1.29, 1.82) is 0 Å². The summed E-state index contributed by atoms with van der Waals surface area (Å²) < 4.78 is 27.9. The van der Waals surface area contributed by atoms with Gasteiger partial charge in [0.05, 0.1) is 13.1 Å². The normalized spacial score (nSPS) is 16.4. The zero-order valence-corrected chi connectivity index (χ0v) is 22.9. The average Bonchev–Trinajstić information content (AvgIpc) is 2.94. The van der Waals surface area contributed by atoms with Crippen LogP contribution in [0.1, 0.15) is 23.6 Å². The maximum absolute atomic E-state index is 14.4. The first kappa shape index (κ1) is 29.5. The predicted octanol–water partition coefficient (Wildman–Crippen LogP) is 3.49. The van der Waals surface area contributed by atoms with Crippen LogP contribution in [0.5, 0.6) is 5.75 Å². The molecule has 3 aromatic carbocycles. The second-order valence-electron chi connectivity index (χ2n) is 10.1. The van der Waals surface area contributed by atoms with Gasteiger partial charge in [-0.05, 0) is 42.7 Å². The van der Waals surface area contributed by atoms with Gasteiger partial charge in [-0.1, -0.05) is 48.5 Å². The second kappa shape index (κ2) is 13.2. The van der Waals surface area contributed by atoms with Crippen LogP contribution in [0.3, 0.4) is 0 Å². The van der Waals surface area contributed by atoms with Gasteiger partial charge < -0.3 is 20.2 Å². The Bertz CT molecular complexity index is 1360. The van der Waals surface area contributed by atoms with Crippen molar-refractivity contribution in [3.63, 3.8) is 0 Å². The van der Waals surface area contributed by atoms with Gasteiger partial charge in [-0.15, -0.1) is 0 Å². The Balaban J connectivity index is 1.63. The number of amides is 4. The van der Waals surface area contributed by atoms with Gasteiger partial charge in [0, 0.05) is 37.8 Å². The molecule has 3 aromatic rings. The largest absolute Gasteiger partial charge is 0.508 e. The summed E-state index contributed by atoms with van der Waals surface area (Å²) in [5.74, 6) is -1.68. The van der Waals surface area contributed by atoms with E-state index in [2.05, 4.69) is 5.32 Å². The van der Waals surface area contributed by atoms with E-state index in [1.165, 1.54) is 21.0 Å². The molecule has 2 unspecified atom stereocenters. The third-order valence-corrected chi connectivity index (χ3v) is 7.00. The fourth-order valence-corrected chi connectivity index (χ4v) is 5.01. The highest BCUT2D eigenvalue weighted by molar-refractivity contribution is 5.82. The molecule has 1 heterocycles. The van der Waals surface area contributed by atoms with Crippen LogP contribution in [0.15, 0.2) is 72.8 Å². The van der Waals surface area contributed by atoms with Gasteiger partial charge in [0.15, 0.2) is 0 Å². The molecule has 0 spiro atoms. The van der Waals surface area contributed by atoms with Gasteiger partial charge >= 0.3 is 6.03 Å². The van der Waals surface area contributed by atoms with Crippen LogP contribution in [0, 0.1) is 11.6 Å². The lowest BCUT2D eigenvalue weighted by molar-refractivity contribution is -0.170. The molecule has 4 rings (SSSR count). The van der Waals surface area contributed by atoms with E-state index in [-0.39, 0.29) is 43.4 Å². The van der Waals surface area contributed by atoms with Crippen LogP contribution in [-0.2, 0) is 29.1 Å². The van der Waals surface area contributed by atoms with E-state index in [1.807, 2.05) is 37.3 Å². The number of hydrogen-bond donors (Lipinski definition) is 2. The molecule has 2 N–H and O–H groups in total. The number of rotatable bonds is 10. The molecule has 1 aliphatic rings. The van der Waals surface area contributed by atoms with Gasteiger partial charge in [0.1, 0.15) is 23.5 Å². The number of nitrogens with one attached hydrogen (secondary N) is 1. The molecule has 0 aliphatic carbocycles. The van der Waals surface area contributed by atoms with Crippen LogP contribution >= 0.6 is 0 Å². The number of phenolic OH excluding ortho intramolecular Hbond substituents is 1. The first-order chi connectivity index (χ1) is 19.7. The number of carbonyl (C=O) groups excluding carboxylic acids is 3. The minimum atomic E-state index is -0.933. The fourth-order valence-electron chi connectivity index (χ4n) is 5.01. The monoisotopic (exact) mass is 565 g/mol. The molecule has 0 aromatic heterocycles. The van der Waals surface area contributed by atoms with Crippen molar-refractivity contribution < 1.29 is 28.3 Å². The highest BCUT2D eigenvalue weighted by atomic mass is 19.1. The number of hydrogen-bond acceptors (Lipinski definition) is 5. The van der Waals surface area contributed by atoms with Crippen molar-refractivity contribution in [3.05, 3.63) is 101 Å². The van der Waals surface area contributed by atoms with Crippen LogP contribution in [0.2, 0.25) is 0 Å². The Morgan fingerprint density at radius 3 is 2.46 bits per heavy atom. The van der Waals surface area contributed by atoms with Gasteiger partial charge in [-0.2, -0.15) is 0 Å². The number of urea groups is 1. The van der Waals surface area contributed by atoms with Gasteiger partial charge in [0.25, 0.3) is 0 Å². The quantitative estimate of drug-likeness (QED) is 0.367. The first-order valence-electron chi connectivity index (χ1n) is 13.2. The molecule has 41 heavy (non-hydrogen) atoms. The number of aromatic hydroxyl groups is 1. The predicted molar refractivity (Wildman–Crippen MR) is 148 cm³/mol. The molecule has 0 radical (unpaired) electrons. The minimum Gasteiger partial charge on any atom is -0.508 e. The molecule has 4 amide bonds. The highest BCUT2D eigenvalue weighted by Crippen LogP contribution is 2.24. The second-order valence-corrected chi connectivity index (χ2v) is 10.1. The van der Waals surface area contributed by atoms with Crippen LogP contribution in [-0.4, -0.2) is 75.6 Å². The van der Waals surface area contributed by atoms with Crippen molar-refractivity contribution in [2.24, 2.45) is 0 Å². The van der Waals surface area contributed by atoms with Crippen LogP contribution < -0.4 is 5.32 Å². The Labute approximate surface area is 237 Å². The Morgan fingerprint density at radius 1 is 1.10 bits per heavy atom. The molecule has 2 atom stereocenters. The van der Waals surface area contributed by atoms with E-state index in [0.29, 0.717) is 12.8 Å². The van der Waals surface area contributed by atoms with Crippen molar-refractivity contribution in [2.75, 3.05) is 20.1 Å². The molecule has 9 nitrogen and oxygen atoms in total. The molecule has 1 saturated heterocycles. The topological polar surface area (TPSA) is 96.4 Å². The number of phenols is 1. The Morgan fingerprint density at radius 2 is 1.80 bits per heavy atom. The summed E-state index contributed by atoms with van der Waals surface area (Å²) in [6, 6.07) is 18.2. The first-order valence-corrected chi connectivity index (χ1v) is 13.2. The zero-order chi connectivity index (χ0) is 29.5. The number of benzene rings is 3. The summed E-state index contributed by atoms with van der Waals surface area (Å²) in [6.07, 6.45) is 0.00211. The third kappa shape index (κ3) is 7.37. The number of likely N-dealkylation sites (N-methyl/N-ethyl adjacent to an activating group) is 1. The lowest BCUT2D eigenvalue weighted by Crippen LogP contribution is -2.71. The lowest BCUT2D eigenvalue weighted by atomic mass is 10.0. The van der Waals surface area contributed by atoms with Crippen molar-refractivity contribution in [2.45, 2.75) is 38.6 Å². The summed E-state index contributed by atoms with van der Waals surface area (Å²) in [4.78, 5) is 42.0. The van der Waals surface area contributed by atoms with E-state index in [0.717, 1.165) is 23.3 Å². The van der Waals surface area contributed by atoms with E-state index >= 15 is 0 Å². The van der Waals surface area contributed by atoms with Gasteiger partial charge in [-0.25, -0.2) is 23.6 Å². The van der Waals surface area contributed by atoms with Crippen molar-refractivity contribution in [1.82, 2.24) is 25.1 Å². The number of carbonyl (C=O) groups is 3. The molecule has 0 saturated carbocycles. The van der Waals surface area contributed by atoms with Crippen LogP contribution in [0.4, 0.5) is 13.6 Å². The minimum absolute atomic E-state index is 0.0805. The number of nitrogens with zero attached hydrogens (tertiary/aromatic N) is 4. The van der Waals surface area contributed by atoms with Crippen molar-refractivity contribution in [3.8, 4) is 5.75 Å². The standard InChI is InChI=1S/C30H33F2N5O4/c1-21(14-22-8-12-26(39)13-9-22)36-28(18-35(20-38)17-24-10-11-25(31)15-27(24)32)37(34(2)19-29(36)40)30(41)33-16-23-6-4-3-5-7-23/h3-13,15,20-21,28,39H,14,16-19H2,1-2H3,(H,33,41). The van der Waals surface area contributed by atoms with E-state index in [9.17, 15) is 28.3 Å². The molecular formula is C30H33F2N5O4. The zero-order valence-electron chi connectivity index (χ0n) is 22.9. The average molecular weight is 566 g/mol.